The molecule has 118 valence electrons. The third kappa shape index (κ3) is 3.16. The van der Waals surface area contributed by atoms with Crippen molar-refractivity contribution in [1.82, 2.24) is 15.2 Å². The van der Waals surface area contributed by atoms with Crippen LogP contribution in [-0.4, -0.2) is 36.6 Å². The van der Waals surface area contributed by atoms with Gasteiger partial charge < -0.3 is 10.1 Å². The maximum atomic E-state index is 5.56. The number of ether oxygens (including phenoxy) is 1. The molecule has 1 aromatic heterocycles. The molecule has 0 amide bonds. The zero-order valence-corrected chi connectivity index (χ0v) is 14.2. The Bertz CT molecular complexity index is 641. The molecule has 2 aromatic rings. The van der Waals surface area contributed by atoms with Crippen molar-refractivity contribution >= 4 is 11.3 Å². The second-order valence-corrected chi connectivity index (χ2v) is 6.96. The Balaban J connectivity index is 1.86. The quantitative estimate of drug-likeness (QED) is 0.941. The van der Waals surface area contributed by atoms with Crippen LogP contribution >= 0.6 is 11.3 Å². The maximum absolute atomic E-state index is 5.56. The molecule has 1 aliphatic heterocycles. The lowest BCUT2D eigenvalue weighted by Crippen LogP contribution is -2.45. The van der Waals surface area contributed by atoms with Gasteiger partial charge >= 0.3 is 0 Å². The fourth-order valence-electron chi connectivity index (χ4n) is 3.09. The topological polar surface area (TPSA) is 37.4 Å². The highest BCUT2D eigenvalue weighted by Crippen LogP contribution is 2.32. The number of nitrogens with one attached hydrogen (secondary N) is 1. The summed E-state index contributed by atoms with van der Waals surface area (Å²) >= 11 is 1.81. The van der Waals surface area contributed by atoms with Crippen LogP contribution in [0.3, 0.4) is 0 Å². The van der Waals surface area contributed by atoms with Crippen molar-refractivity contribution in [3.63, 3.8) is 0 Å². The number of aromatic nitrogens is 1. The number of rotatable bonds is 4. The third-order valence-electron chi connectivity index (χ3n) is 4.20. The average molecular weight is 317 g/mol. The van der Waals surface area contributed by atoms with Gasteiger partial charge in [-0.3, -0.25) is 4.90 Å². The summed E-state index contributed by atoms with van der Waals surface area (Å²) in [7, 11) is 1.75. The summed E-state index contributed by atoms with van der Waals surface area (Å²) in [5, 5.41) is 4.66. The molecule has 2 heterocycles. The fraction of sp³-hybridized carbons (Fsp3) is 0.471. The average Bonchev–Trinajstić information content (AvgIpc) is 2.85. The molecule has 1 fully saturated rings. The SMILES string of the molecule is COc1ccccc1C1CNCCN1Cc1sc(C)nc1C. The first-order valence-electron chi connectivity index (χ1n) is 7.69. The van der Waals surface area contributed by atoms with Crippen LogP contribution in [0.15, 0.2) is 24.3 Å². The van der Waals surface area contributed by atoms with Gasteiger partial charge in [-0.1, -0.05) is 18.2 Å². The number of benzene rings is 1. The molecule has 1 saturated heterocycles. The Morgan fingerprint density at radius 2 is 2.18 bits per heavy atom. The monoisotopic (exact) mass is 317 g/mol. The van der Waals surface area contributed by atoms with E-state index in [2.05, 4.69) is 41.2 Å². The first-order valence-corrected chi connectivity index (χ1v) is 8.51. The van der Waals surface area contributed by atoms with E-state index in [4.69, 9.17) is 4.74 Å². The van der Waals surface area contributed by atoms with Crippen LogP contribution in [0.25, 0.3) is 0 Å². The van der Waals surface area contributed by atoms with Gasteiger partial charge in [0.05, 0.1) is 23.9 Å². The lowest BCUT2D eigenvalue weighted by molar-refractivity contribution is 0.152. The molecule has 4 nitrogen and oxygen atoms in total. The molecule has 1 N–H and O–H groups in total. The van der Waals surface area contributed by atoms with E-state index in [1.54, 1.807) is 7.11 Å². The predicted molar refractivity (Wildman–Crippen MR) is 90.6 cm³/mol. The van der Waals surface area contributed by atoms with Crippen LogP contribution in [0.2, 0.25) is 0 Å². The minimum Gasteiger partial charge on any atom is -0.496 e. The summed E-state index contributed by atoms with van der Waals surface area (Å²) < 4.78 is 5.56. The molecule has 5 heteroatoms. The molecule has 0 radical (unpaired) electrons. The van der Waals surface area contributed by atoms with Gasteiger partial charge in [-0.25, -0.2) is 4.98 Å². The molecule has 1 aromatic carbocycles. The van der Waals surface area contributed by atoms with Gasteiger partial charge in [0.15, 0.2) is 0 Å². The molecular formula is C17H23N3OS. The standard InChI is InChI=1S/C17H23N3OS/c1-12-17(22-13(2)19-12)11-20-9-8-18-10-15(20)14-6-4-5-7-16(14)21-3/h4-7,15,18H,8-11H2,1-3H3. The summed E-state index contributed by atoms with van der Waals surface area (Å²) in [6.45, 7) is 8.18. The zero-order valence-electron chi connectivity index (χ0n) is 13.4. The Morgan fingerprint density at radius 3 is 2.91 bits per heavy atom. The number of aryl methyl sites for hydroxylation is 2. The Labute approximate surface area is 136 Å². The van der Waals surface area contributed by atoms with Crippen molar-refractivity contribution in [3.8, 4) is 5.75 Å². The molecule has 22 heavy (non-hydrogen) atoms. The van der Waals surface area contributed by atoms with Gasteiger partial charge in [-0.15, -0.1) is 11.3 Å². The maximum Gasteiger partial charge on any atom is 0.123 e. The fourth-order valence-corrected chi connectivity index (χ4v) is 4.05. The van der Waals surface area contributed by atoms with E-state index in [9.17, 15) is 0 Å². The first-order chi connectivity index (χ1) is 10.7. The van der Waals surface area contributed by atoms with Crippen molar-refractivity contribution in [2.45, 2.75) is 26.4 Å². The van der Waals surface area contributed by atoms with E-state index in [1.807, 2.05) is 23.5 Å². The molecule has 0 aliphatic carbocycles. The number of hydrogen-bond acceptors (Lipinski definition) is 5. The summed E-state index contributed by atoms with van der Waals surface area (Å²) in [6, 6.07) is 8.68. The highest BCUT2D eigenvalue weighted by atomic mass is 32.1. The second-order valence-electron chi connectivity index (χ2n) is 5.67. The molecule has 1 aliphatic rings. The Hall–Kier alpha value is -1.43. The highest BCUT2D eigenvalue weighted by Gasteiger charge is 2.27. The lowest BCUT2D eigenvalue weighted by Gasteiger charge is -2.36. The molecule has 1 atom stereocenters. The van der Waals surface area contributed by atoms with Crippen LogP contribution in [0.1, 0.15) is 27.2 Å². The third-order valence-corrected chi connectivity index (χ3v) is 5.26. The Morgan fingerprint density at radius 1 is 1.36 bits per heavy atom. The van der Waals surface area contributed by atoms with E-state index >= 15 is 0 Å². The van der Waals surface area contributed by atoms with Crippen LogP contribution in [-0.2, 0) is 6.54 Å². The molecule has 0 saturated carbocycles. The molecule has 3 rings (SSSR count). The van der Waals surface area contributed by atoms with E-state index in [1.165, 1.54) is 16.1 Å². The summed E-state index contributed by atoms with van der Waals surface area (Å²) in [5.41, 5.74) is 2.43. The van der Waals surface area contributed by atoms with E-state index in [0.717, 1.165) is 36.9 Å². The van der Waals surface area contributed by atoms with Gasteiger partial charge in [0.2, 0.25) is 0 Å². The first kappa shape index (κ1) is 15.5. The van der Waals surface area contributed by atoms with Gasteiger partial charge in [0, 0.05) is 36.6 Å². The normalized spacial score (nSPS) is 19.3. The van der Waals surface area contributed by atoms with Gasteiger partial charge in [-0.05, 0) is 19.9 Å². The number of methoxy groups -OCH3 is 1. The van der Waals surface area contributed by atoms with Crippen molar-refractivity contribution in [2.75, 3.05) is 26.7 Å². The van der Waals surface area contributed by atoms with E-state index in [-0.39, 0.29) is 0 Å². The highest BCUT2D eigenvalue weighted by molar-refractivity contribution is 7.11. The van der Waals surface area contributed by atoms with Crippen molar-refractivity contribution in [2.24, 2.45) is 0 Å². The van der Waals surface area contributed by atoms with Gasteiger partial charge in [0.25, 0.3) is 0 Å². The summed E-state index contributed by atoms with van der Waals surface area (Å²) in [4.78, 5) is 8.47. The van der Waals surface area contributed by atoms with Crippen molar-refractivity contribution in [1.29, 1.82) is 0 Å². The minimum absolute atomic E-state index is 0.340. The van der Waals surface area contributed by atoms with Crippen LogP contribution in [0.4, 0.5) is 0 Å². The largest absolute Gasteiger partial charge is 0.496 e. The number of para-hydroxylation sites is 1. The van der Waals surface area contributed by atoms with Crippen LogP contribution in [0, 0.1) is 13.8 Å². The summed E-state index contributed by atoms with van der Waals surface area (Å²) in [5.74, 6) is 0.971. The van der Waals surface area contributed by atoms with Crippen LogP contribution < -0.4 is 10.1 Å². The van der Waals surface area contributed by atoms with E-state index in [0.29, 0.717) is 6.04 Å². The lowest BCUT2D eigenvalue weighted by atomic mass is 10.0. The zero-order chi connectivity index (χ0) is 15.5. The summed E-state index contributed by atoms with van der Waals surface area (Å²) in [6.07, 6.45) is 0. The molecular weight excluding hydrogens is 294 g/mol. The molecule has 0 bridgehead atoms. The molecule has 1 unspecified atom stereocenters. The Kier molecular flexibility index (Phi) is 4.76. The number of piperazine rings is 1. The van der Waals surface area contributed by atoms with Crippen molar-refractivity contribution < 1.29 is 4.74 Å². The predicted octanol–water partition coefficient (Wildman–Crippen LogP) is 2.92. The minimum atomic E-state index is 0.340. The number of nitrogens with zero attached hydrogens (tertiary/aromatic N) is 2. The number of thiazole rings is 1. The molecule has 0 spiro atoms. The van der Waals surface area contributed by atoms with Crippen LogP contribution in [0.5, 0.6) is 5.75 Å². The number of hydrogen-bond donors (Lipinski definition) is 1. The van der Waals surface area contributed by atoms with E-state index < -0.39 is 0 Å². The van der Waals surface area contributed by atoms with Gasteiger partial charge in [-0.2, -0.15) is 0 Å². The van der Waals surface area contributed by atoms with Crippen molar-refractivity contribution in [3.05, 3.63) is 45.4 Å². The smallest absolute Gasteiger partial charge is 0.123 e. The van der Waals surface area contributed by atoms with Gasteiger partial charge in [0.1, 0.15) is 5.75 Å². The second kappa shape index (κ2) is 6.77.